The van der Waals surface area contributed by atoms with Gasteiger partial charge in [0.15, 0.2) is 4.60 Å². The van der Waals surface area contributed by atoms with Crippen LogP contribution in [0.2, 0.25) is 0 Å². The predicted octanol–water partition coefficient (Wildman–Crippen LogP) is 3.35. The second-order valence-corrected chi connectivity index (χ2v) is 6.36. The highest BCUT2D eigenvalue weighted by Crippen LogP contribution is 2.38. The molecule has 1 aromatic carbocycles. The molecule has 1 atom stereocenters. The van der Waals surface area contributed by atoms with E-state index in [0.29, 0.717) is 0 Å². The zero-order valence-electron chi connectivity index (χ0n) is 12.7. The minimum absolute atomic E-state index is 0.00216. The number of aromatic nitrogens is 3. The van der Waals surface area contributed by atoms with E-state index in [0.717, 1.165) is 22.4 Å². The van der Waals surface area contributed by atoms with Crippen molar-refractivity contribution < 1.29 is 4.39 Å². The molecule has 0 saturated carbocycles. The summed E-state index contributed by atoms with van der Waals surface area (Å²) < 4.78 is 15.7. The highest BCUT2D eigenvalue weighted by molar-refractivity contribution is 9.10. The van der Waals surface area contributed by atoms with E-state index >= 15 is 0 Å². The number of nitrogens with zero attached hydrogens (tertiary/aromatic N) is 3. The van der Waals surface area contributed by atoms with Gasteiger partial charge in [0, 0.05) is 12.5 Å². The lowest BCUT2D eigenvalue weighted by Gasteiger charge is -2.35. The van der Waals surface area contributed by atoms with E-state index in [1.807, 2.05) is 19.2 Å². The number of halogens is 2. The molecule has 0 aliphatic heterocycles. The quantitative estimate of drug-likeness (QED) is 0.895. The number of likely N-dealkylation sites (N-methyl/N-ethyl adjacent to an activating group) is 1. The first-order chi connectivity index (χ1) is 9.87. The zero-order chi connectivity index (χ0) is 15.6. The van der Waals surface area contributed by atoms with Gasteiger partial charge >= 0.3 is 0 Å². The zero-order valence-corrected chi connectivity index (χ0v) is 14.3. The molecule has 0 bridgehead atoms. The Kier molecular flexibility index (Phi) is 4.78. The monoisotopic (exact) mass is 354 g/mol. The van der Waals surface area contributed by atoms with Gasteiger partial charge in [-0.1, -0.05) is 38.1 Å². The Bertz CT molecular complexity index is 587. The molecule has 0 aliphatic carbocycles. The number of hydrogen-bond acceptors (Lipinski definition) is 3. The molecule has 6 heteroatoms. The Balaban J connectivity index is 2.48. The molecule has 1 unspecified atom stereocenters. The van der Waals surface area contributed by atoms with Crippen molar-refractivity contribution in [1.29, 1.82) is 0 Å². The van der Waals surface area contributed by atoms with Crippen LogP contribution in [0.1, 0.15) is 38.1 Å². The maximum absolute atomic E-state index is 13.2. The average Bonchev–Trinajstić information content (AvgIpc) is 2.76. The summed E-state index contributed by atoms with van der Waals surface area (Å²) in [6, 6.07) is 6.66. The molecular weight excluding hydrogens is 335 g/mol. The highest BCUT2D eigenvalue weighted by Gasteiger charge is 2.35. The minimum atomic E-state index is -0.248. The summed E-state index contributed by atoms with van der Waals surface area (Å²) in [5.74, 6) is -0.224. The van der Waals surface area contributed by atoms with Crippen molar-refractivity contribution in [2.75, 3.05) is 6.54 Å². The maximum Gasteiger partial charge on any atom is 0.153 e. The lowest BCUT2D eigenvalue weighted by molar-refractivity contribution is 0.336. The molecule has 2 rings (SSSR count). The highest BCUT2D eigenvalue weighted by atomic mass is 79.9. The van der Waals surface area contributed by atoms with Gasteiger partial charge in [-0.05, 0) is 40.2 Å². The molecule has 1 aromatic heterocycles. The summed E-state index contributed by atoms with van der Waals surface area (Å²) in [7, 11) is 1.87. The van der Waals surface area contributed by atoms with Crippen molar-refractivity contribution in [2.45, 2.75) is 32.2 Å². The topological polar surface area (TPSA) is 42.7 Å². The molecule has 21 heavy (non-hydrogen) atoms. The summed E-state index contributed by atoms with van der Waals surface area (Å²) in [5, 5.41) is 11.6. The van der Waals surface area contributed by atoms with Crippen molar-refractivity contribution in [2.24, 2.45) is 7.05 Å². The first-order valence-corrected chi connectivity index (χ1v) is 7.71. The summed E-state index contributed by atoms with van der Waals surface area (Å²) >= 11 is 3.47. The summed E-state index contributed by atoms with van der Waals surface area (Å²) in [5.41, 5.74) is 1.79. The first kappa shape index (κ1) is 16.1. The Morgan fingerprint density at radius 1 is 1.33 bits per heavy atom. The molecule has 0 spiro atoms. The van der Waals surface area contributed by atoms with E-state index in [4.69, 9.17) is 0 Å². The van der Waals surface area contributed by atoms with Crippen molar-refractivity contribution in [3.8, 4) is 0 Å². The Morgan fingerprint density at radius 2 is 1.95 bits per heavy atom. The predicted molar refractivity (Wildman–Crippen MR) is 84.5 cm³/mol. The third-order valence-corrected chi connectivity index (χ3v) is 4.38. The van der Waals surface area contributed by atoms with Crippen LogP contribution in [-0.2, 0) is 12.5 Å². The van der Waals surface area contributed by atoms with Crippen LogP contribution in [0.15, 0.2) is 28.9 Å². The molecule has 0 fully saturated rings. The molecule has 2 aromatic rings. The van der Waals surface area contributed by atoms with Gasteiger partial charge in [0.1, 0.15) is 5.82 Å². The van der Waals surface area contributed by atoms with Gasteiger partial charge < -0.3 is 5.32 Å². The molecular formula is C15H20BrFN4. The molecule has 4 nitrogen and oxygen atoms in total. The van der Waals surface area contributed by atoms with E-state index in [1.165, 1.54) is 12.1 Å². The fourth-order valence-electron chi connectivity index (χ4n) is 2.59. The largest absolute Gasteiger partial charge is 0.308 e. The Morgan fingerprint density at radius 3 is 2.43 bits per heavy atom. The molecule has 0 aliphatic rings. The molecule has 114 valence electrons. The normalized spacial score (nSPS) is 13.4. The fraction of sp³-hybridized carbons (Fsp3) is 0.467. The van der Waals surface area contributed by atoms with Crippen LogP contribution in [0, 0.1) is 5.82 Å². The van der Waals surface area contributed by atoms with Crippen molar-refractivity contribution in [1.82, 2.24) is 20.3 Å². The molecule has 1 heterocycles. The number of benzene rings is 1. The molecule has 0 amide bonds. The summed E-state index contributed by atoms with van der Waals surface area (Å²) in [6.07, 6.45) is 0. The fourth-order valence-corrected chi connectivity index (χ4v) is 3.15. The van der Waals surface area contributed by atoms with Gasteiger partial charge in [-0.3, -0.25) is 0 Å². The third kappa shape index (κ3) is 3.16. The Hall–Kier alpha value is -1.27. The lowest BCUT2D eigenvalue weighted by atomic mass is 9.76. The molecule has 0 saturated heterocycles. The second-order valence-electron chi connectivity index (χ2n) is 5.61. The van der Waals surface area contributed by atoms with Crippen LogP contribution in [0.4, 0.5) is 4.39 Å². The summed E-state index contributed by atoms with van der Waals surface area (Å²) in [4.78, 5) is 0. The van der Waals surface area contributed by atoms with Gasteiger partial charge in [0.2, 0.25) is 0 Å². The van der Waals surface area contributed by atoms with Gasteiger partial charge in [-0.15, -0.1) is 5.10 Å². The number of hydrogen-bond donors (Lipinski definition) is 1. The lowest BCUT2D eigenvalue weighted by Crippen LogP contribution is -2.38. The van der Waals surface area contributed by atoms with Crippen LogP contribution in [0.25, 0.3) is 0 Å². The smallest absolute Gasteiger partial charge is 0.153 e. The van der Waals surface area contributed by atoms with Crippen LogP contribution in [0.3, 0.4) is 0 Å². The number of aryl methyl sites for hydroxylation is 1. The van der Waals surface area contributed by atoms with E-state index in [9.17, 15) is 4.39 Å². The van der Waals surface area contributed by atoms with Gasteiger partial charge in [-0.2, -0.15) is 0 Å². The van der Waals surface area contributed by atoms with Crippen molar-refractivity contribution in [3.63, 3.8) is 0 Å². The number of rotatable bonds is 5. The average molecular weight is 355 g/mol. The van der Waals surface area contributed by atoms with Crippen molar-refractivity contribution >= 4 is 15.9 Å². The molecule has 1 N–H and O–H groups in total. The van der Waals surface area contributed by atoms with Crippen LogP contribution >= 0.6 is 15.9 Å². The number of nitrogens with one attached hydrogen (secondary N) is 1. The van der Waals surface area contributed by atoms with E-state index in [2.05, 4.69) is 52.3 Å². The summed E-state index contributed by atoms with van der Waals surface area (Å²) in [6.45, 7) is 7.14. The molecule has 0 radical (unpaired) electrons. The van der Waals surface area contributed by atoms with Gasteiger partial charge in [-0.25, -0.2) is 9.07 Å². The maximum atomic E-state index is 13.2. The SMILES string of the molecule is CCNC(c1c(Br)nnn1C)C(C)(C)c1ccc(F)cc1. The third-order valence-electron chi connectivity index (χ3n) is 3.82. The second kappa shape index (κ2) is 6.23. The van der Waals surface area contributed by atoms with Crippen molar-refractivity contribution in [3.05, 3.63) is 45.9 Å². The van der Waals surface area contributed by atoms with Crippen LogP contribution in [0.5, 0.6) is 0 Å². The van der Waals surface area contributed by atoms with Crippen LogP contribution < -0.4 is 5.32 Å². The minimum Gasteiger partial charge on any atom is -0.308 e. The van der Waals surface area contributed by atoms with E-state index in [1.54, 1.807) is 4.68 Å². The van der Waals surface area contributed by atoms with Crippen LogP contribution in [-0.4, -0.2) is 21.5 Å². The van der Waals surface area contributed by atoms with E-state index in [-0.39, 0.29) is 17.3 Å². The van der Waals surface area contributed by atoms with Gasteiger partial charge in [0.25, 0.3) is 0 Å². The first-order valence-electron chi connectivity index (χ1n) is 6.92. The Labute approximate surface area is 132 Å². The van der Waals surface area contributed by atoms with E-state index < -0.39 is 0 Å². The standard InChI is InChI=1S/C15H20BrFN4/c1-5-18-13(12-14(16)19-20-21(12)4)15(2,3)10-6-8-11(17)9-7-10/h6-9,13,18H,5H2,1-4H3. The van der Waals surface area contributed by atoms with Gasteiger partial charge in [0.05, 0.1) is 11.7 Å².